The first-order chi connectivity index (χ1) is 12.1. The molecule has 140 valence electrons. The number of amides is 1. The van der Waals surface area contributed by atoms with E-state index in [0.717, 1.165) is 17.7 Å². The van der Waals surface area contributed by atoms with Crippen LogP contribution >= 0.6 is 0 Å². The van der Waals surface area contributed by atoms with Crippen LogP contribution in [0.4, 0.5) is 24.5 Å². The van der Waals surface area contributed by atoms with E-state index in [1.807, 2.05) is 6.92 Å². The van der Waals surface area contributed by atoms with Gasteiger partial charge in [0.1, 0.15) is 0 Å². The number of carbonyl (C=O) groups excluding carboxylic acids is 1. The van der Waals surface area contributed by atoms with Gasteiger partial charge in [-0.3, -0.25) is 4.79 Å². The number of benzene rings is 2. The van der Waals surface area contributed by atoms with Gasteiger partial charge in [0.2, 0.25) is 0 Å². The topological polar surface area (TPSA) is 75.3 Å². The number of hydrogen-bond donors (Lipinski definition) is 2. The van der Waals surface area contributed by atoms with Gasteiger partial charge in [-0.25, -0.2) is 8.42 Å². The fraction of sp³-hybridized carbons (Fsp3) is 0.235. The van der Waals surface area contributed by atoms with E-state index in [1.54, 1.807) is 31.2 Å². The van der Waals surface area contributed by atoms with E-state index in [-0.39, 0.29) is 5.69 Å². The Hall–Kier alpha value is -2.55. The van der Waals surface area contributed by atoms with Crippen LogP contribution in [-0.4, -0.2) is 26.4 Å². The first kappa shape index (κ1) is 19.8. The van der Waals surface area contributed by atoms with Gasteiger partial charge in [-0.1, -0.05) is 17.7 Å². The Kier molecular flexibility index (Phi) is 5.60. The molecule has 0 aliphatic heterocycles. The second-order valence-corrected chi connectivity index (χ2v) is 7.45. The highest BCUT2D eigenvalue weighted by Crippen LogP contribution is 2.34. The summed E-state index contributed by atoms with van der Waals surface area (Å²) in [6, 6.07) is 9.39. The van der Waals surface area contributed by atoms with Gasteiger partial charge >= 0.3 is 5.51 Å². The van der Waals surface area contributed by atoms with Gasteiger partial charge in [-0.2, -0.15) is 13.2 Å². The van der Waals surface area contributed by atoms with Crippen LogP contribution in [0.25, 0.3) is 0 Å². The third kappa shape index (κ3) is 4.16. The molecule has 0 atom stereocenters. The molecule has 0 aliphatic carbocycles. The Morgan fingerprint density at radius 2 is 1.65 bits per heavy atom. The molecule has 0 spiro atoms. The summed E-state index contributed by atoms with van der Waals surface area (Å²) in [7, 11) is -5.52. The standard InChI is InChI=1S/C17H17F3N2O3S/c1-3-21-14-9-8-13(26(24,25)17(18,19)20)10-15(14)22-16(23)12-6-4-11(2)5-7-12/h4-10,21H,3H2,1-2H3,(H,22,23). The van der Waals surface area contributed by atoms with Crippen LogP contribution in [0.5, 0.6) is 0 Å². The lowest BCUT2D eigenvalue weighted by atomic mass is 10.1. The fourth-order valence-corrected chi connectivity index (χ4v) is 2.96. The average molecular weight is 386 g/mol. The maximum absolute atomic E-state index is 12.8. The molecule has 0 bridgehead atoms. The lowest BCUT2D eigenvalue weighted by Crippen LogP contribution is -2.23. The van der Waals surface area contributed by atoms with E-state index in [9.17, 15) is 26.4 Å². The average Bonchev–Trinajstić information content (AvgIpc) is 2.56. The lowest BCUT2D eigenvalue weighted by molar-refractivity contribution is -0.0436. The molecule has 1 amide bonds. The number of nitrogens with one attached hydrogen (secondary N) is 2. The minimum Gasteiger partial charge on any atom is -0.384 e. The first-order valence-corrected chi connectivity index (χ1v) is 9.12. The van der Waals surface area contributed by atoms with Crippen LogP contribution in [0.2, 0.25) is 0 Å². The minimum absolute atomic E-state index is 0.0530. The van der Waals surface area contributed by atoms with E-state index in [1.165, 1.54) is 6.07 Å². The Bertz CT molecular complexity index is 908. The summed E-state index contributed by atoms with van der Waals surface area (Å²) >= 11 is 0. The van der Waals surface area contributed by atoms with Crippen LogP contribution < -0.4 is 10.6 Å². The molecule has 26 heavy (non-hydrogen) atoms. The van der Waals surface area contributed by atoms with Crippen molar-refractivity contribution in [1.82, 2.24) is 0 Å². The van der Waals surface area contributed by atoms with Crippen molar-refractivity contribution in [3.8, 4) is 0 Å². The molecular weight excluding hydrogens is 369 g/mol. The molecule has 9 heteroatoms. The number of halogens is 3. The SMILES string of the molecule is CCNc1ccc(S(=O)(=O)C(F)(F)F)cc1NC(=O)c1ccc(C)cc1. The van der Waals surface area contributed by atoms with E-state index in [0.29, 0.717) is 17.8 Å². The van der Waals surface area contributed by atoms with Crippen molar-refractivity contribution in [2.45, 2.75) is 24.3 Å². The summed E-state index contributed by atoms with van der Waals surface area (Å²) in [5.41, 5.74) is -3.93. The molecule has 2 aromatic carbocycles. The highest BCUT2D eigenvalue weighted by atomic mass is 32.2. The molecule has 0 fully saturated rings. The second kappa shape index (κ2) is 7.36. The van der Waals surface area contributed by atoms with Gasteiger partial charge in [0.15, 0.2) is 0 Å². The lowest BCUT2D eigenvalue weighted by Gasteiger charge is -2.15. The van der Waals surface area contributed by atoms with Crippen LogP contribution in [-0.2, 0) is 9.84 Å². The van der Waals surface area contributed by atoms with Crippen molar-refractivity contribution < 1.29 is 26.4 Å². The molecule has 0 radical (unpaired) electrons. The Balaban J connectivity index is 2.43. The Morgan fingerprint density at radius 3 is 2.19 bits per heavy atom. The molecule has 5 nitrogen and oxygen atoms in total. The van der Waals surface area contributed by atoms with Gasteiger partial charge in [0.25, 0.3) is 15.7 Å². The zero-order valence-corrected chi connectivity index (χ0v) is 14.8. The van der Waals surface area contributed by atoms with Gasteiger partial charge in [-0.05, 0) is 44.2 Å². The molecular formula is C17H17F3N2O3S. The van der Waals surface area contributed by atoms with E-state index >= 15 is 0 Å². The first-order valence-electron chi connectivity index (χ1n) is 7.63. The van der Waals surface area contributed by atoms with Crippen LogP contribution in [0.3, 0.4) is 0 Å². The molecule has 0 heterocycles. The summed E-state index contributed by atoms with van der Waals surface area (Å²) < 4.78 is 61.5. The Labute approximate surface area is 149 Å². The molecule has 2 N–H and O–H groups in total. The fourth-order valence-electron chi connectivity index (χ4n) is 2.17. The van der Waals surface area contributed by atoms with Gasteiger partial charge in [0, 0.05) is 12.1 Å². The third-order valence-electron chi connectivity index (χ3n) is 3.54. The maximum atomic E-state index is 12.8. The van der Waals surface area contributed by atoms with Crippen LogP contribution in [0, 0.1) is 6.92 Å². The summed E-state index contributed by atoms with van der Waals surface area (Å²) in [6.07, 6.45) is 0. The van der Waals surface area contributed by atoms with Crippen LogP contribution in [0.15, 0.2) is 47.4 Å². The normalized spacial score (nSPS) is 11.9. The maximum Gasteiger partial charge on any atom is 0.501 e. The quantitative estimate of drug-likeness (QED) is 0.815. The minimum atomic E-state index is -5.52. The molecule has 0 aliphatic rings. The van der Waals surface area contributed by atoms with Crippen molar-refractivity contribution in [1.29, 1.82) is 0 Å². The summed E-state index contributed by atoms with van der Waals surface area (Å²) in [5, 5.41) is 5.33. The van der Waals surface area contributed by atoms with Crippen molar-refractivity contribution in [3.63, 3.8) is 0 Å². The largest absolute Gasteiger partial charge is 0.501 e. The number of rotatable bonds is 5. The number of carbonyl (C=O) groups is 1. The van der Waals surface area contributed by atoms with Gasteiger partial charge in [0.05, 0.1) is 16.3 Å². The predicted octanol–water partition coefficient (Wildman–Crippen LogP) is 3.97. The van der Waals surface area contributed by atoms with Crippen LogP contribution in [0.1, 0.15) is 22.8 Å². The van der Waals surface area contributed by atoms with Gasteiger partial charge in [-0.15, -0.1) is 0 Å². The second-order valence-electron chi connectivity index (χ2n) is 5.51. The number of anilines is 2. The smallest absolute Gasteiger partial charge is 0.384 e. The van der Waals surface area contributed by atoms with E-state index in [4.69, 9.17) is 0 Å². The molecule has 2 aromatic rings. The predicted molar refractivity (Wildman–Crippen MR) is 93.0 cm³/mol. The summed E-state index contributed by atoms with van der Waals surface area (Å²) in [5.74, 6) is -0.564. The van der Waals surface area contributed by atoms with Crippen molar-refractivity contribution in [2.75, 3.05) is 17.2 Å². The Morgan fingerprint density at radius 1 is 1.04 bits per heavy atom. The van der Waals surface area contributed by atoms with E-state index in [2.05, 4.69) is 10.6 Å². The number of aryl methyl sites for hydroxylation is 1. The monoisotopic (exact) mass is 386 g/mol. The third-order valence-corrected chi connectivity index (χ3v) is 5.02. The summed E-state index contributed by atoms with van der Waals surface area (Å²) in [4.78, 5) is 11.4. The van der Waals surface area contributed by atoms with Crippen molar-refractivity contribution in [2.24, 2.45) is 0 Å². The summed E-state index contributed by atoms with van der Waals surface area (Å²) in [6.45, 7) is 4.03. The van der Waals surface area contributed by atoms with E-state index < -0.39 is 26.1 Å². The zero-order chi connectivity index (χ0) is 19.5. The highest BCUT2D eigenvalue weighted by Gasteiger charge is 2.47. The zero-order valence-electron chi connectivity index (χ0n) is 14.0. The van der Waals surface area contributed by atoms with Crippen molar-refractivity contribution in [3.05, 3.63) is 53.6 Å². The number of hydrogen-bond acceptors (Lipinski definition) is 4. The molecule has 0 saturated carbocycles. The molecule has 2 rings (SSSR count). The number of alkyl halides is 3. The van der Waals surface area contributed by atoms with Gasteiger partial charge < -0.3 is 10.6 Å². The molecule has 0 aromatic heterocycles. The molecule has 0 saturated heterocycles. The number of sulfone groups is 1. The molecule has 0 unspecified atom stereocenters. The van der Waals surface area contributed by atoms with Crippen molar-refractivity contribution >= 4 is 27.1 Å². The highest BCUT2D eigenvalue weighted by molar-refractivity contribution is 7.92.